The molecule has 8 nitrogen and oxygen atoms in total. The second-order valence-corrected chi connectivity index (χ2v) is 15.3. The van der Waals surface area contributed by atoms with E-state index >= 15 is 4.39 Å². The summed E-state index contributed by atoms with van der Waals surface area (Å²) in [5.41, 5.74) is 0.0650. The summed E-state index contributed by atoms with van der Waals surface area (Å²) in [5.74, 6) is 0. The van der Waals surface area contributed by atoms with Crippen LogP contribution in [-0.4, -0.2) is 67.4 Å². The zero-order valence-electron chi connectivity index (χ0n) is 22.9. The van der Waals surface area contributed by atoms with Gasteiger partial charge in [0.25, 0.3) is 14.0 Å². The average molecular weight is 567 g/mol. The van der Waals surface area contributed by atoms with Crippen LogP contribution in [0.1, 0.15) is 26.3 Å². The molecule has 1 amide bonds. The van der Waals surface area contributed by atoms with Gasteiger partial charge in [-0.1, -0.05) is 99.6 Å². The molecule has 1 fully saturated rings. The third kappa shape index (κ3) is 6.09. The Morgan fingerprint density at radius 3 is 2.15 bits per heavy atom. The Morgan fingerprint density at radius 2 is 1.62 bits per heavy atom. The number of hydrogen-bond donors (Lipinski definition) is 1. The molecule has 3 aromatic rings. The number of rotatable bonds is 9. The van der Waals surface area contributed by atoms with E-state index in [2.05, 4.69) is 45.0 Å². The van der Waals surface area contributed by atoms with Gasteiger partial charge in [-0.25, -0.2) is 9.18 Å². The number of carboxylic acid groups (broad SMARTS) is 1. The lowest BCUT2D eigenvalue weighted by Crippen LogP contribution is -2.68. The molecular weight excluding hydrogens is 531 g/mol. The number of carbonyl (C=O) groups is 1. The number of nitrogens with zero attached hydrogens (tertiary/aromatic N) is 2. The normalized spacial score (nSPS) is 18.8. The molecule has 0 saturated carbocycles. The Bertz CT molecular complexity index is 1260. The van der Waals surface area contributed by atoms with Gasteiger partial charge in [-0.05, 0) is 15.4 Å². The van der Waals surface area contributed by atoms with E-state index in [4.69, 9.17) is 9.16 Å². The molecule has 1 aliphatic rings. The van der Waals surface area contributed by atoms with Crippen LogP contribution in [0.15, 0.2) is 84.9 Å². The molecule has 1 unspecified atom stereocenters. The van der Waals surface area contributed by atoms with Crippen LogP contribution < -0.4 is 10.4 Å². The third-order valence-electron chi connectivity index (χ3n) is 7.48. The van der Waals surface area contributed by atoms with Crippen LogP contribution in [-0.2, 0) is 15.6 Å². The topological polar surface area (TPSA) is 102 Å². The van der Waals surface area contributed by atoms with Crippen molar-refractivity contribution < 1.29 is 28.4 Å². The lowest BCUT2D eigenvalue weighted by Gasteiger charge is -2.45. The van der Waals surface area contributed by atoms with Crippen molar-refractivity contribution in [3.05, 3.63) is 101 Å². The number of nitro benzene ring substituents is 1. The number of morpholine rings is 1. The molecule has 3 aromatic carbocycles. The van der Waals surface area contributed by atoms with E-state index in [-0.39, 0.29) is 42.5 Å². The quantitative estimate of drug-likeness (QED) is 0.227. The maximum atomic E-state index is 15.4. The first kappa shape index (κ1) is 29.4. The number of alkyl halides is 1. The minimum atomic E-state index is -2.92. The van der Waals surface area contributed by atoms with Crippen molar-refractivity contribution in [1.29, 1.82) is 0 Å². The second kappa shape index (κ2) is 12.3. The molecule has 1 saturated heterocycles. The Morgan fingerprint density at radius 1 is 1.07 bits per heavy atom. The van der Waals surface area contributed by atoms with Gasteiger partial charge in [0.15, 0.2) is 0 Å². The van der Waals surface area contributed by atoms with E-state index in [1.165, 1.54) is 23.1 Å². The summed E-state index contributed by atoms with van der Waals surface area (Å²) in [5, 5.41) is 23.2. The van der Waals surface area contributed by atoms with E-state index in [1.54, 1.807) is 6.07 Å². The predicted octanol–water partition coefficient (Wildman–Crippen LogP) is 4.80. The second-order valence-electron chi connectivity index (χ2n) is 11.0. The molecule has 40 heavy (non-hydrogen) atoms. The Kier molecular flexibility index (Phi) is 9.02. The van der Waals surface area contributed by atoms with Crippen molar-refractivity contribution >= 4 is 30.5 Å². The predicted molar refractivity (Wildman–Crippen MR) is 154 cm³/mol. The molecule has 0 radical (unpaired) electrons. The number of nitro groups is 1. The smallest absolute Gasteiger partial charge is 0.407 e. The van der Waals surface area contributed by atoms with Crippen molar-refractivity contribution in [2.75, 3.05) is 19.8 Å². The number of hydrogen-bond acceptors (Lipinski definition) is 5. The fourth-order valence-electron chi connectivity index (χ4n) is 5.50. The van der Waals surface area contributed by atoms with Crippen molar-refractivity contribution in [1.82, 2.24) is 4.90 Å². The zero-order valence-corrected chi connectivity index (χ0v) is 23.9. The van der Waals surface area contributed by atoms with Gasteiger partial charge in [0, 0.05) is 18.1 Å². The summed E-state index contributed by atoms with van der Waals surface area (Å²) in [6.45, 7) is 6.24. The maximum Gasteiger partial charge on any atom is 0.407 e. The molecule has 0 spiro atoms. The number of ether oxygens (including phenoxy) is 1. The van der Waals surface area contributed by atoms with E-state index in [1.807, 2.05) is 36.4 Å². The molecule has 0 aromatic heterocycles. The van der Waals surface area contributed by atoms with Crippen LogP contribution >= 0.6 is 0 Å². The SMILES string of the molecule is CC(C)(C)[Si](OC[C@@H]1CO[C@H](C(F)Cc2ccccc2[N+](=O)[O-])CN1C(=O)O)(c1ccccc1)c1ccccc1. The lowest BCUT2D eigenvalue weighted by molar-refractivity contribution is -0.385. The van der Waals surface area contributed by atoms with Gasteiger partial charge in [-0.15, -0.1) is 0 Å². The molecule has 1 N–H and O–H groups in total. The summed E-state index contributed by atoms with van der Waals surface area (Å²) in [4.78, 5) is 24.3. The minimum absolute atomic E-state index is 0.0491. The zero-order chi connectivity index (χ0) is 28.9. The van der Waals surface area contributed by atoms with Crippen LogP contribution in [0.25, 0.3) is 0 Å². The standard InChI is InChI=1S/C30H35FN2O6Si/c1-30(2,3)40(24-13-6-4-7-14-24,25-15-8-5-9-16-25)39-21-23-20-38-28(19-32(23)29(34)35)26(31)18-22-12-10-11-17-27(22)33(36)37/h4-17,23,26,28H,18-21H2,1-3H3,(H,34,35)/t23-,26?,28-/m0/s1. The van der Waals surface area contributed by atoms with E-state index < -0.39 is 37.7 Å². The van der Waals surface area contributed by atoms with Crippen molar-refractivity contribution in [3.63, 3.8) is 0 Å². The van der Waals surface area contributed by atoms with Crippen molar-refractivity contribution in [2.24, 2.45) is 0 Å². The molecule has 4 rings (SSSR count). The highest BCUT2D eigenvalue weighted by Crippen LogP contribution is 2.37. The van der Waals surface area contributed by atoms with E-state index in [9.17, 15) is 20.0 Å². The molecule has 1 aliphatic heterocycles. The summed E-state index contributed by atoms with van der Waals surface area (Å²) in [6.07, 6.45) is -4.12. The molecule has 3 atom stereocenters. The van der Waals surface area contributed by atoms with Crippen LogP contribution in [0.2, 0.25) is 5.04 Å². The van der Waals surface area contributed by atoms with Gasteiger partial charge >= 0.3 is 6.09 Å². The molecular formula is C30H35FN2O6Si. The van der Waals surface area contributed by atoms with Gasteiger partial charge < -0.3 is 14.3 Å². The lowest BCUT2D eigenvalue weighted by atomic mass is 10.0. The fraction of sp³-hybridized carbons (Fsp3) is 0.367. The Labute approximate surface area is 234 Å². The van der Waals surface area contributed by atoms with Crippen LogP contribution in [0.3, 0.4) is 0 Å². The van der Waals surface area contributed by atoms with Gasteiger partial charge in [-0.3, -0.25) is 15.0 Å². The van der Waals surface area contributed by atoms with Crippen molar-refractivity contribution in [2.45, 2.75) is 50.5 Å². The molecule has 1 heterocycles. The first-order chi connectivity index (χ1) is 19.0. The highest BCUT2D eigenvalue weighted by Gasteiger charge is 2.51. The Hall–Kier alpha value is -3.60. The first-order valence-electron chi connectivity index (χ1n) is 13.3. The monoisotopic (exact) mass is 566 g/mol. The fourth-order valence-corrected chi connectivity index (χ4v) is 10.1. The van der Waals surface area contributed by atoms with Gasteiger partial charge in [-0.2, -0.15) is 0 Å². The molecule has 10 heteroatoms. The molecule has 212 valence electrons. The van der Waals surface area contributed by atoms with E-state index in [0.717, 1.165) is 10.4 Å². The first-order valence-corrected chi connectivity index (χ1v) is 15.2. The van der Waals surface area contributed by atoms with Gasteiger partial charge in [0.05, 0.1) is 30.7 Å². The summed E-state index contributed by atoms with van der Waals surface area (Å²) >= 11 is 0. The summed E-state index contributed by atoms with van der Waals surface area (Å²) in [6, 6.07) is 25.4. The number of halogens is 1. The number of para-hydroxylation sites is 1. The average Bonchev–Trinajstić information content (AvgIpc) is 2.94. The third-order valence-corrected chi connectivity index (χ3v) is 12.5. The Balaban J connectivity index is 1.56. The maximum absolute atomic E-state index is 15.4. The highest BCUT2D eigenvalue weighted by molar-refractivity contribution is 6.99. The summed E-state index contributed by atoms with van der Waals surface area (Å²) < 4.78 is 28.1. The van der Waals surface area contributed by atoms with Gasteiger partial charge in [0.2, 0.25) is 0 Å². The molecule has 0 aliphatic carbocycles. The number of amides is 1. The molecule has 0 bridgehead atoms. The number of benzene rings is 3. The van der Waals surface area contributed by atoms with E-state index in [0.29, 0.717) is 0 Å². The minimum Gasteiger partial charge on any atom is -0.465 e. The summed E-state index contributed by atoms with van der Waals surface area (Å²) in [7, 11) is -2.92. The van der Waals surface area contributed by atoms with Crippen LogP contribution in [0, 0.1) is 10.1 Å². The largest absolute Gasteiger partial charge is 0.465 e. The van der Waals surface area contributed by atoms with Crippen molar-refractivity contribution in [3.8, 4) is 0 Å². The van der Waals surface area contributed by atoms with Gasteiger partial charge in [0.1, 0.15) is 12.3 Å². The highest BCUT2D eigenvalue weighted by atomic mass is 28.4. The van der Waals surface area contributed by atoms with Crippen LogP contribution in [0.5, 0.6) is 0 Å². The van der Waals surface area contributed by atoms with Crippen LogP contribution in [0.4, 0.5) is 14.9 Å².